The van der Waals surface area contributed by atoms with Crippen LogP contribution in [0.1, 0.15) is 42.9 Å². The van der Waals surface area contributed by atoms with Crippen LogP contribution in [0.5, 0.6) is 11.5 Å². The highest BCUT2D eigenvalue weighted by Crippen LogP contribution is 2.75. The van der Waals surface area contributed by atoms with Crippen LogP contribution in [-0.2, 0) is 23.0 Å². The molecule has 2 aromatic carbocycles. The minimum atomic E-state index is -0.916. The summed E-state index contributed by atoms with van der Waals surface area (Å²) in [6, 6.07) is 15.2. The molecule has 1 saturated carbocycles. The molecule has 36 heavy (non-hydrogen) atoms. The summed E-state index contributed by atoms with van der Waals surface area (Å²) in [5, 5.41) is 12.2. The van der Waals surface area contributed by atoms with Crippen molar-refractivity contribution in [3.63, 3.8) is 0 Å². The van der Waals surface area contributed by atoms with E-state index in [1.165, 1.54) is 16.7 Å². The number of ether oxygens (including phenoxy) is 3. The van der Waals surface area contributed by atoms with Crippen molar-refractivity contribution >= 4 is 0 Å². The minimum Gasteiger partial charge on any atom is -0.493 e. The van der Waals surface area contributed by atoms with E-state index in [2.05, 4.69) is 60.5 Å². The van der Waals surface area contributed by atoms with E-state index in [-0.39, 0.29) is 22.9 Å². The number of hydrogen-bond donors (Lipinski definition) is 1. The molecule has 4 aliphatic carbocycles. The number of benzene rings is 2. The fourth-order valence-corrected chi connectivity index (χ4v) is 9.13. The van der Waals surface area contributed by atoms with E-state index in [1.807, 2.05) is 13.0 Å². The molecule has 0 amide bonds. The predicted octanol–water partition coefficient (Wildman–Crippen LogP) is 4.30. The van der Waals surface area contributed by atoms with E-state index in [0.717, 1.165) is 43.7 Å². The number of piperidine rings is 1. The van der Waals surface area contributed by atoms with Gasteiger partial charge in [0.25, 0.3) is 0 Å². The predicted molar refractivity (Wildman–Crippen MR) is 139 cm³/mol. The van der Waals surface area contributed by atoms with Gasteiger partial charge in [0, 0.05) is 30.0 Å². The molecule has 190 valence electrons. The summed E-state index contributed by atoms with van der Waals surface area (Å²) in [4.78, 5) is 2.55. The molecule has 5 nitrogen and oxygen atoms in total. The highest BCUT2D eigenvalue weighted by Gasteiger charge is 2.80. The van der Waals surface area contributed by atoms with Gasteiger partial charge in [0.05, 0.1) is 18.1 Å². The molecule has 2 aromatic rings. The molecule has 0 radical (unpaired) electrons. The summed E-state index contributed by atoms with van der Waals surface area (Å²) < 4.78 is 19.4. The zero-order chi connectivity index (χ0) is 24.9. The maximum Gasteiger partial charge on any atom is 0.166 e. The Labute approximate surface area is 214 Å². The number of fused-ring (bicyclic) bond motifs is 1. The third-order valence-electron chi connectivity index (χ3n) is 10.8. The van der Waals surface area contributed by atoms with Gasteiger partial charge in [-0.05, 0) is 69.8 Å². The van der Waals surface area contributed by atoms with E-state index in [9.17, 15) is 5.11 Å². The van der Waals surface area contributed by atoms with Crippen LogP contribution in [0.2, 0.25) is 0 Å². The topological polar surface area (TPSA) is 51.2 Å². The number of likely N-dealkylation sites (N-methyl/N-ethyl adjacent to an activating group) is 1. The Hall–Kier alpha value is -2.34. The van der Waals surface area contributed by atoms with Crippen molar-refractivity contribution in [1.29, 1.82) is 0 Å². The van der Waals surface area contributed by atoms with Crippen molar-refractivity contribution in [2.24, 2.45) is 11.3 Å². The summed E-state index contributed by atoms with van der Waals surface area (Å²) in [7, 11) is 5.81. The lowest BCUT2D eigenvalue weighted by Gasteiger charge is -2.72. The average Bonchev–Trinajstić information content (AvgIpc) is 3.27. The maximum atomic E-state index is 12.2. The quantitative estimate of drug-likeness (QED) is 0.616. The van der Waals surface area contributed by atoms with Gasteiger partial charge in [-0.15, -0.1) is 0 Å². The first kappa shape index (κ1) is 22.8. The summed E-state index contributed by atoms with van der Waals surface area (Å²) in [5.41, 5.74) is 2.08. The number of nitrogens with zero attached hydrogens (tertiary/aromatic N) is 1. The van der Waals surface area contributed by atoms with Gasteiger partial charge in [-0.2, -0.15) is 0 Å². The summed E-state index contributed by atoms with van der Waals surface area (Å²) >= 11 is 0. The van der Waals surface area contributed by atoms with Crippen LogP contribution in [0.3, 0.4) is 0 Å². The van der Waals surface area contributed by atoms with E-state index in [4.69, 9.17) is 14.2 Å². The molecule has 1 saturated heterocycles. The SMILES string of the molecule is COc1ccc2c3c1O[C@H]1[C@@]4(OC)C=C[C@@]5(C[C@@H]4[C@](C)(O)CCc4ccccc4)[C@@H](C2)N(C)CC[C@]315. The molecule has 5 heteroatoms. The monoisotopic (exact) mass is 487 g/mol. The average molecular weight is 488 g/mol. The molecule has 4 bridgehead atoms. The first-order valence-corrected chi connectivity index (χ1v) is 13.4. The second-order valence-electron chi connectivity index (χ2n) is 12.1. The lowest BCUT2D eigenvalue weighted by atomic mass is 9.36. The number of rotatable bonds is 6. The van der Waals surface area contributed by atoms with E-state index >= 15 is 0 Å². The number of methoxy groups -OCH3 is 2. The van der Waals surface area contributed by atoms with Gasteiger partial charge < -0.3 is 24.2 Å². The van der Waals surface area contributed by atoms with Gasteiger partial charge in [0.2, 0.25) is 0 Å². The van der Waals surface area contributed by atoms with Crippen molar-refractivity contribution in [2.45, 2.75) is 67.8 Å². The summed E-state index contributed by atoms with van der Waals surface area (Å²) in [5.74, 6) is 1.63. The molecule has 1 N–H and O–H groups in total. The summed E-state index contributed by atoms with van der Waals surface area (Å²) in [6.07, 6.45) is 8.97. The zero-order valence-corrected chi connectivity index (χ0v) is 21.8. The van der Waals surface area contributed by atoms with E-state index in [1.54, 1.807) is 14.2 Å². The fraction of sp³-hybridized carbons (Fsp3) is 0.548. The Kier molecular flexibility index (Phi) is 4.67. The third-order valence-corrected chi connectivity index (χ3v) is 10.8. The largest absolute Gasteiger partial charge is 0.493 e. The summed E-state index contributed by atoms with van der Waals surface area (Å²) in [6.45, 7) is 3.06. The van der Waals surface area contributed by atoms with Crippen molar-refractivity contribution < 1.29 is 19.3 Å². The number of aliphatic hydroxyl groups is 1. The molecule has 0 aromatic heterocycles. The molecule has 0 unspecified atom stereocenters. The number of aryl methyl sites for hydroxylation is 1. The van der Waals surface area contributed by atoms with Crippen LogP contribution in [0.4, 0.5) is 0 Å². The lowest BCUT2D eigenvalue weighted by molar-refractivity contribution is -0.247. The Balaban J connectivity index is 1.39. The van der Waals surface area contributed by atoms with E-state index in [0.29, 0.717) is 12.5 Å². The van der Waals surface area contributed by atoms with E-state index < -0.39 is 11.2 Å². The molecular formula is C31H37NO4. The standard InChI is InChI=1S/C31H37NO4/c1-28(33,13-12-20-8-6-5-7-9-20)23-19-29-14-15-31(23,35-4)27-30(29)16-17-32(2)24(29)18-21-10-11-22(34-3)26(36-27)25(21)30/h5-11,14-15,23-24,27,33H,12-13,16-19H2,1-4H3/t23-,24-,27-,28-,29-,30+,31-/m1/s1. The van der Waals surface area contributed by atoms with Crippen LogP contribution in [-0.4, -0.2) is 61.2 Å². The van der Waals surface area contributed by atoms with Gasteiger partial charge in [-0.3, -0.25) is 0 Å². The van der Waals surface area contributed by atoms with Gasteiger partial charge in [-0.1, -0.05) is 48.6 Å². The third kappa shape index (κ3) is 2.52. The normalized spacial score (nSPS) is 38.9. The van der Waals surface area contributed by atoms with Crippen molar-refractivity contribution in [2.75, 3.05) is 27.8 Å². The molecule has 2 heterocycles. The second-order valence-corrected chi connectivity index (χ2v) is 12.1. The van der Waals surface area contributed by atoms with Gasteiger partial charge >= 0.3 is 0 Å². The van der Waals surface area contributed by atoms with Crippen LogP contribution in [0, 0.1) is 11.3 Å². The highest BCUT2D eigenvalue weighted by molar-refractivity contribution is 5.65. The number of hydrogen-bond acceptors (Lipinski definition) is 5. The van der Waals surface area contributed by atoms with Crippen LogP contribution >= 0.6 is 0 Å². The number of likely N-dealkylation sites (tertiary alicyclic amines) is 1. The van der Waals surface area contributed by atoms with Crippen molar-refractivity contribution in [3.05, 3.63) is 71.3 Å². The maximum absolute atomic E-state index is 12.2. The Morgan fingerprint density at radius 1 is 1.14 bits per heavy atom. The minimum absolute atomic E-state index is 0.0855. The van der Waals surface area contributed by atoms with Crippen molar-refractivity contribution in [3.8, 4) is 11.5 Å². The zero-order valence-electron chi connectivity index (χ0n) is 21.8. The molecule has 2 aliphatic heterocycles. The Bertz CT molecular complexity index is 1240. The first-order valence-electron chi connectivity index (χ1n) is 13.4. The van der Waals surface area contributed by atoms with Crippen LogP contribution in [0.15, 0.2) is 54.6 Å². The molecule has 2 spiro atoms. The Morgan fingerprint density at radius 3 is 2.69 bits per heavy atom. The molecule has 6 aliphatic rings. The second kappa shape index (κ2) is 7.37. The van der Waals surface area contributed by atoms with Gasteiger partial charge in [0.15, 0.2) is 11.5 Å². The Morgan fingerprint density at radius 2 is 1.94 bits per heavy atom. The van der Waals surface area contributed by atoms with Gasteiger partial charge in [-0.25, -0.2) is 0 Å². The smallest absolute Gasteiger partial charge is 0.166 e. The van der Waals surface area contributed by atoms with Gasteiger partial charge in [0.1, 0.15) is 11.7 Å². The highest BCUT2D eigenvalue weighted by atomic mass is 16.6. The van der Waals surface area contributed by atoms with Crippen molar-refractivity contribution in [1.82, 2.24) is 4.90 Å². The molecule has 2 fully saturated rings. The lowest BCUT2D eigenvalue weighted by Crippen LogP contribution is -2.80. The molecular weight excluding hydrogens is 450 g/mol. The fourth-order valence-electron chi connectivity index (χ4n) is 9.13. The molecule has 7 atom stereocenters. The first-order chi connectivity index (χ1) is 17.3. The van der Waals surface area contributed by atoms with Crippen LogP contribution < -0.4 is 9.47 Å². The molecule has 8 rings (SSSR count). The van der Waals surface area contributed by atoms with Crippen LogP contribution in [0.25, 0.3) is 0 Å².